The summed E-state index contributed by atoms with van der Waals surface area (Å²) in [5, 5.41) is 4.88. The number of piperidine rings is 1. The van der Waals surface area contributed by atoms with Crippen LogP contribution < -0.4 is 4.74 Å². The van der Waals surface area contributed by atoms with Crippen molar-refractivity contribution in [2.75, 3.05) is 26.2 Å². The number of ether oxygens (including phenoxy) is 1. The molecule has 1 fully saturated rings. The van der Waals surface area contributed by atoms with Crippen molar-refractivity contribution in [2.24, 2.45) is 0 Å². The molecule has 2 heterocycles. The van der Waals surface area contributed by atoms with E-state index in [0.717, 1.165) is 42.0 Å². The number of fused-ring (bicyclic) bond motifs is 1. The van der Waals surface area contributed by atoms with Crippen LogP contribution in [0.2, 0.25) is 0 Å². The highest BCUT2D eigenvalue weighted by molar-refractivity contribution is 5.91. The van der Waals surface area contributed by atoms with Crippen LogP contribution in [0, 0.1) is 5.82 Å². The molecule has 0 N–H and O–H groups in total. The molecule has 0 spiro atoms. The van der Waals surface area contributed by atoms with E-state index in [4.69, 9.17) is 9.26 Å². The largest absolute Gasteiger partial charge is 0.494 e. The second-order valence-electron chi connectivity index (χ2n) is 6.80. The van der Waals surface area contributed by atoms with Crippen LogP contribution in [-0.4, -0.2) is 36.3 Å². The molecule has 26 heavy (non-hydrogen) atoms. The molecule has 1 aromatic heterocycles. The molecular formula is C21H23FN2O2. The van der Waals surface area contributed by atoms with Gasteiger partial charge in [-0.1, -0.05) is 11.6 Å². The van der Waals surface area contributed by atoms with Gasteiger partial charge in [0.15, 0.2) is 5.58 Å². The van der Waals surface area contributed by atoms with Crippen molar-refractivity contribution in [3.05, 3.63) is 48.3 Å². The highest BCUT2D eigenvalue weighted by atomic mass is 19.1. The molecule has 0 aliphatic carbocycles. The van der Waals surface area contributed by atoms with Crippen molar-refractivity contribution < 1.29 is 13.7 Å². The zero-order chi connectivity index (χ0) is 17.8. The molecule has 0 atom stereocenters. The molecule has 3 aromatic rings. The third-order valence-corrected chi connectivity index (χ3v) is 4.90. The number of hydrogen-bond donors (Lipinski definition) is 0. The van der Waals surface area contributed by atoms with E-state index in [1.54, 1.807) is 6.07 Å². The highest BCUT2D eigenvalue weighted by Gasteiger charge is 2.12. The first kappa shape index (κ1) is 17.0. The average molecular weight is 354 g/mol. The van der Waals surface area contributed by atoms with Crippen LogP contribution in [0.25, 0.3) is 22.2 Å². The van der Waals surface area contributed by atoms with E-state index in [-0.39, 0.29) is 5.82 Å². The number of rotatable bonds is 6. The van der Waals surface area contributed by atoms with Crippen molar-refractivity contribution in [1.29, 1.82) is 0 Å². The average Bonchev–Trinajstić information content (AvgIpc) is 3.09. The smallest absolute Gasteiger partial charge is 0.170 e. The predicted octanol–water partition coefficient (Wildman–Crippen LogP) is 4.89. The van der Waals surface area contributed by atoms with Crippen LogP contribution in [0.5, 0.6) is 5.75 Å². The molecule has 4 nitrogen and oxygen atoms in total. The predicted molar refractivity (Wildman–Crippen MR) is 99.8 cm³/mol. The van der Waals surface area contributed by atoms with Gasteiger partial charge in [-0.05, 0) is 68.8 Å². The van der Waals surface area contributed by atoms with Gasteiger partial charge >= 0.3 is 0 Å². The summed E-state index contributed by atoms with van der Waals surface area (Å²) < 4.78 is 24.3. The topological polar surface area (TPSA) is 38.5 Å². The molecule has 0 radical (unpaired) electrons. The fourth-order valence-corrected chi connectivity index (χ4v) is 3.49. The Labute approximate surface area is 152 Å². The summed E-state index contributed by atoms with van der Waals surface area (Å²) in [4.78, 5) is 2.52. The second kappa shape index (κ2) is 7.87. The van der Waals surface area contributed by atoms with Gasteiger partial charge in [0.2, 0.25) is 0 Å². The number of likely N-dealkylation sites (tertiary alicyclic amines) is 1. The van der Waals surface area contributed by atoms with Gasteiger partial charge in [0, 0.05) is 23.6 Å². The Hall–Kier alpha value is -2.40. The summed E-state index contributed by atoms with van der Waals surface area (Å²) in [5.74, 6) is 0.528. The molecule has 2 aromatic carbocycles. The minimum atomic E-state index is -0.325. The monoisotopic (exact) mass is 354 g/mol. The van der Waals surface area contributed by atoms with E-state index in [9.17, 15) is 4.39 Å². The summed E-state index contributed by atoms with van der Waals surface area (Å²) in [6.45, 7) is 4.29. The maximum absolute atomic E-state index is 13.3. The third kappa shape index (κ3) is 3.88. The molecular weight excluding hydrogens is 331 g/mol. The van der Waals surface area contributed by atoms with Gasteiger partial charge in [0.1, 0.15) is 17.3 Å². The van der Waals surface area contributed by atoms with Gasteiger partial charge < -0.3 is 14.2 Å². The van der Waals surface area contributed by atoms with E-state index in [1.807, 2.05) is 24.3 Å². The number of hydrogen-bond acceptors (Lipinski definition) is 4. The van der Waals surface area contributed by atoms with Crippen LogP contribution >= 0.6 is 0 Å². The first-order valence-corrected chi connectivity index (χ1v) is 9.30. The maximum Gasteiger partial charge on any atom is 0.170 e. The zero-order valence-electron chi connectivity index (χ0n) is 14.8. The maximum atomic E-state index is 13.3. The molecule has 4 rings (SSSR count). The molecule has 0 bridgehead atoms. The molecule has 0 saturated carbocycles. The van der Waals surface area contributed by atoms with Crippen LogP contribution in [0.15, 0.2) is 47.0 Å². The van der Waals surface area contributed by atoms with Crippen LogP contribution in [0.3, 0.4) is 0 Å². The van der Waals surface area contributed by atoms with E-state index < -0.39 is 0 Å². The Balaban J connectivity index is 1.34. The lowest BCUT2D eigenvalue weighted by molar-refractivity contribution is 0.205. The van der Waals surface area contributed by atoms with Crippen LogP contribution in [0.1, 0.15) is 25.7 Å². The Morgan fingerprint density at radius 1 is 1.04 bits per heavy atom. The Morgan fingerprint density at radius 2 is 1.85 bits per heavy atom. The number of aromatic nitrogens is 1. The fraction of sp³-hybridized carbons (Fsp3) is 0.381. The molecule has 1 aliphatic heterocycles. The lowest BCUT2D eigenvalue weighted by Gasteiger charge is -2.26. The van der Waals surface area contributed by atoms with Gasteiger partial charge in [-0.2, -0.15) is 0 Å². The van der Waals surface area contributed by atoms with Gasteiger partial charge in [-0.25, -0.2) is 4.39 Å². The normalized spacial score (nSPS) is 15.4. The summed E-state index contributed by atoms with van der Waals surface area (Å²) in [7, 11) is 0. The number of nitrogens with zero attached hydrogens (tertiary/aromatic N) is 2. The van der Waals surface area contributed by atoms with Gasteiger partial charge in [-0.15, -0.1) is 0 Å². The van der Waals surface area contributed by atoms with Gasteiger partial charge in [0.25, 0.3) is 0 Å². The summed E-state index contributed by atoms with van der Waals surface area (Å²) >= 11 is 0. The molecule has 1 aliphatic rings. The van der Waals surface area contributed by atoms with Crippen LogP contribution in [-0.2, 0) is 0 Å². The van der Waals surface area contributed by atoms with E-state index in [0.29, 0.717) is 5.58 Å². The molecule has 136 valence electrons. The minimum Gasteiger partial charge on any atom is -0.494 e. The van der Waals surface area contributed by atoms with Crippen molar-refractivity contribution in [3.63, 3.8) is 0 Å². The lowest BCUT2D eigenvalue weighted by Crippen LogP contribution is -2.31. The van der Waals surface area contributed by atoms with Crippen molar-refractivity contribution in [1.82, 2.24) is 10.1 Å². The second-order valence-corrected chi connectivity index (χ2v) is 6.80. The quantitative estimate of drug-likeness (QED) is 0.591. The van der Waals surface area contributed by atoms with E-state index in [2.05, 4.69) is 10.1 Å². The Morgan fingerprint density at radius 3 is 2.65 bits per heavy atom. The molecule has 1 saturated heterocycles. The van der Waals surface area contributed by atoms with Crippen molar-refractivity contribution in [3.8, 4) is 17.0 Å². The molecule has 0 unspecified atom stereocenters. The standard InChI is InChI=1S/C21H23FN2O2/c22-17-7-10-19-20(15-17)26-23-21(19)16-5-8-18(9-6-16)25-14-4-13-24-11-2-1-3-12-24/h5-10,15H,1-4,11-14H2. The molecule has 5 heteroatoms. The summed E-state index contributed by atoms with van der Waals surface area (Å²) in [5.41, 5.74) is 2.10. The van der Waals surface area contributed by atoms with E-state index in [1.165, 1.54) is 44.5 Å². The number of halogens is 1. The number of benzene rings is 2. The fourth-order valence-electron chi connectivity index (χ4n) is 3.49. The summed E-state index contributed by atoms with van der Waals surface area (Å²) in [6, 6.07) is 12.3. The molecule has 0 amide bonds. The first-order valence-electron chi connectivity index (χ1n) is 9.30. The van der Waals surface area contributed by atoms with Gasteiger partial charge in [0.05, 0.1) is 6.61 Å². The Bertz CT molecular complexity index is 854. The van der Waals surface area contributed by atoms with Gasteiger partial charge in [-0.3, -0.25) is 0 Å². The van der Waals surface area contributed by atoms with Crippen molar-refractivity contribution in [2.45, 2.75) is 25.7 Å². The Kier molecular flexibility index (Phi) is 5.16. The minimum absolute atomic E-state index is 0.325. The van der Waals surface area contributed by atoms with E-state index >= 15 is 0 Å². The lowest BCUT2D eigenvalue weighted by atomic mass is 10.1. The van der Waals surface area contributed by atoms with Crippen LogP contribution in [0.4, 0.5) is 4.39 Å². The third-order valence-electron chi connectivity index (χ3n) is 4.90. The summed E-state index contributed by atoms with van der Waals surface area (Å²) in [6.07, 6.45) is 5.06. The SMILES string of the molecule is Fc1ccc2c(-c3ccc(OCCCN4CCCCC4)cc3)noc2c1. The first-order chi connectivity index (χ1) is 12.8. The van der Waals surface area contributed by atoms with Crippen molar-refractivity contribution >= 4 is 11.0 Å². The highest BCUT2D eigenvalue weighted by Crippen LogP contribution is 2.29. The zero-order valence-corrected chi connectivity index (χ0v) is 14.8.